The van der Waals surface area contributed by atoms with E-state index in [1.54, 1.807) is 7.11 Å². The van der Waals surface area contributed by atoms with E-state index in [2.05, 4.69) is 45.1 Å². The third kappa shape index (κ3) is 2.88. The fraction of sp³-hybridized carbons (Fsp3) is 0.316. The molecular formula is C19H22N4O. The molecule has 0 aliphatic carbocycles. The number of hydrogen-bond acceptors (Lipinski definition) is 4. The number of ether oxygens (including phenoxy) is 1. The first-order valence-electron chi connectivity index (χ1n) is 8.39. The highest BCUT2D eigenvalue weighted by molar-refractivity contribution is 5.78. The van der Waals surface area contributed by atoms with E-state index < -0.39 is 0 Å². The van der Waals surface area contributed by atoms with Crippen molar-refractivity contribution in [2.45, 2.75) is 6.54 Å². The third-order valence-electron chi connectivity index (χ3n) is 4.54. The Balaban J connectivity index is 1.76. The summed E-state index contributed by atoms with van der Waals surface area (Å²) in [5.41, 5.74) is 3.31. The largest absolute Gasteiger partial charge is 0.497 e. The van der Waals surface area contributed by atoms with Gasteiger partial charge in [0.05, 0.1) is 24.7 Å². The van der Waals surface area contributed by atoms with Gasteiger partial charge in [-0.05, 0) is 36.4 Å². The molecule has 5 heteroatoms. The molecule has 24 heavy (non-hydrogen) atoms. The molecule has 3 aromatic rings. The summed E-state index contributed by atoms with van der Waals surface area (Å²) in [6.07, 6.45) is 0. The van der Waals surface area contributed by atoms with Gasteiger partial charge in [-0.15, -0.1) is 0 Å². The van der Waals surface area contributed by atoms with Gasteiger partial charge in [-0.3, -0.25) is 9.47 Å². The summed E-state index contributed by atoms with van der Waals surface area (Å²) in [5.74, 6) is 1.95. The van der Waals surface area contributed by atoms with Crippen LogP contribution < -0.4 is 10.1 Å². The van der Waals surface area contributed by atoms with Gasteiger partial charge in [-0.1, -0.05) is 12.1 Å². The van der Waals surface area contributed by atoms with Gasteiger partial charge in [0.2, 0.25) is 0 Å². The van der Waals surface area contributed by atoms with Crippen molar-refractivity contribution >= 4 is 11.0 Å². The van der Waals surface area contributed by atoms with Crippen LogP contribution in [0.5, 0.6) is 5.75 Å². The van der Waals surface area contributed by atoms with Gasteiger partial charge in [0.1, 0.15) is 11.6 Å². The highest BCUT2D eigenvalue weighted by Crippen LogP contribution is 2.24. The Morgan fingerprint density at radius 3 is 2.54 bits per heavy atom. The molecule has 0 unspecified atom stereocenters. The van der Waals surface area contributed by atoms with Crippen LogP contribution in [0.2, 0.25) is 0 Å². The number of fused-ring (bicyclic) bond motifs is 1. The molecule has 1 aromatic heterocycles. The number of aromatic nitrogens is 2. The molecule has 1 aliphatic rings. The molecule has 0 spiro atoms. The molecule has 1 aliphatic heterocycles. The second kappa shape index (κ2) is 6.63. The molecule has 0 radical (unpaired) electrons. The average Bonchev–Trinajstić information content (AvgIpc) is 3.00. The van der Waals surface area contributed by atoms with Crippen molar-refractivity contribution in [2.75, 3.05) is 33.3 Å². The van der Waals surface area contributed by atoms with Crippen molar-refractivity contribution in [3.05, 3.63) is 54.4 Å². The van der Waals surface area contributed by atoms with Crippen LogP contribution in [0.25, 0.3) is 16.7 Å². The third-order valence-corrected chi connectivity index (χ3v) is 4.54. The van der Waals surface area contributed by atoms with Crippen molar-refractivity contribution < 1.29 is 4.74 Å². The van der Waals surface area contributed by atoms with E-state index >= 15 is 0 Å². The lowest BCUT2D eigenvalue weighted by Crippen LogP contribution is -2.43. The molecule has 124 valence electrons. The fourth-order valence-corrected chi connectivity index (χ4v) is 3.27. The van der Waals surface area contributed by atoms with E-state index in [-0.39, 0.29) is 0 Å². The van der Waals surface area contributed by atoms with E-state index in [1.165, 1.54) is 0 Å². The average molecular weight is 322 g/mol. The maximum Gasteiger partial charge on any atom is 0.128 e. The summed E-state index contributed by atoms with van der Waals surface area (Å²) in [6, 6.07) is 16.5. The maximum atomic E-state index is 5.29. The summed E-state index contributed by atoms with van der Waals surface area (Å²) >= 11 is 0. The zero-order chi connectivity index (χ0) is 16.4. The predicted molar refractivity (Wildman–Crippen MR) is 95.8 cm³/mol. The lowest BCUT2D eigenvalue weighted by molar-refractivity contribution is 0.227. The lowest BCUT2D eigenvalue weighted by Gasteiger charge is -2.27. The molecule has 1 N–H and O–H groups in total. The topological polar surface area (TPSA) is 42.3 Å². The first-order valence-corrected chi connectivity index (χ1v) is 8.39. The number of nitrogens with one attached hydrogen (secondary N) is 1. The fourth-order valence-electron chi connectivity index (χ4n) is 3.27. The highest BCUT2D eigenvalue weighted by Gasteiger charge is 2.17. The number of piperazine rings is 1. The Morgan fingerprint density at radius 2 is 1.79 bits per heavy atom. The Labute approximate surface area is 141 Å². The highest BCUT2D eigenvalue weighted by atomic mass is 16.5. The molecule has 5 nitrogen and oxygen atoms in total. The van der Waals surface area contributed by atoms with Gasteiger partial charge in [-0.2, -0.15) is 0 Å². The van der Waals surface area contributed by atoms with Crippen LogP contribution in [0.4, 0.5) is 0 Å². The van der Waals surface area contributed by atoms with E-state index in [0.717, 1.165) is 61.0 Å². The van der Waals surface area contributed by atoms with E-state index in [1.807, 2.05) is 18.2 Å². The van der Waals surface area contributed by atoms with Gasteiger partial charge in [0, 0.05) is 31.9 Å². The van der Waals surface area contributed by atoms with E-state index in [4.69, 9.17) is 9.72 Å². The molecule has 0 bridgehead atoms. The molecule has 1 fully saturated rings. The summed E-state index contributed by atoms with van der Waals surface area (Å²) in [7, 11) is 1.69. The molecule has 2 heterocycles. The number of methoxy groups -OCH3 is 1. The Morgan fingerprint density at radius 1 is 1.04 bits per heavy atom. The van der Waals surface area contributed by atoms with Crippen LogP contribution >= 0.6 is 0 Å². The summed E-state index contributed by atoms with van der Waals surface area (Å²) in [4.78, 5) is 7.35. The predicted octanol–water partition coefficient (Wildman–Crippen LogP) is 2.44. The summed E-state index contributed by atoms with van der Waals surface area (Å²) in [5, 5.41) is 3.40. The quantitative estimate of drug-likeness (QED) is 0.801. The molecule has 1 saturated heterocycles. The van der Waals surface area contributed by atoms with Crippen LogP contribution in [0, 0.1) is 0 Å². The van der Waals surface area contributed by atoms with Crippen molar-refractivity contribution in [2.24, 2.45) is 0 Å². The summed E-state index contributed by atoms with van der Waals surface area (Å²) in [6.45, 7) is 5.07. The standard InChI is InChI=1S/C19H22N4O/c1-24-16-8-6-15(7-9-16)23-18-5-3-2-4-17(18)21-19(23)14-22-12-10-20-11-13-22/h2-9,20H,10-14H2,1H3. The first-order chi connectivity index (χ1) is 11.8. The van der Waals surface area contributed by atoms with Crippen LogP contribution in [0.1, 0.15) is 5.82 Å². The van der Waals surface area contributed by atoms with Gasteiger partial charge < -0.3 is 10.1 Å². The van der Waals surface area contributed by atoms with Crippen LogP contribution in [-0.4, -0.2) is 47.7 Å². The minimum Gasteiger partial charge on any atom is -0.497 e. The first kappa shape index (κ1) is 15.2. The van der Waals surface area contributed by atoms with Crippen LogP contribution in [0.15, 0.2) is 48.5 Å². The number of imidazole rings is 1. The maximum absolute atomic E-state index is 5.29. The zero-order valence-corrected chi connectivity index (χ0v) is 13.9. The Hall–Kier alpha value is -2.37. The number of rotatable bonds is 4. The second-order valence-corrected chi connectivity index (χ2v) is 6.08. The van der Waals surface area contributed by atoms with E-state index in [0.29, 0.717) is 0 Å². The van der Waals surface area contributed by atoms with Gasteiger partial charge in [0.15, 0.2) is 0 Å². The van der Waals surface area contributed by atoms with Gasteiger partial charge in [0.25, 0.3) is 0 Å². The summed E-state index contributed by atoms with van der Waals surface area (Å²) < 4.78 is 7.55. The minimum atomic E-state index is 0.863. The monoisotopic (exact) mass is 322 g/mol. The van der Waals surface area contributed by atoms with Crippen LogP contribution in [0.3, 0.4) is 0 Å². The van der Waals surface area contributed by atoms with Crippen molar-refractivity contribution in [1.82, 2.24) is 19.8 Å². The van der Waals surface area contributed by atoms with Gasteiger partial charge >= 0.3 is 0 Å². The number of nitrogens with zero attached hydrogens (tertiary/aromatic N) is 3. The van der Waals surface area contributed by atoms with Crippen molar-refractivity contribution in [3.8, 4) is 11.4 Å². The second-order valence-electron chi connectivity index (χ2n) is 6.08. The smallest absolute Gasteiger partial charge is 0.128 e. The number of para-hydroxylation sites is 2. The molecule has 0 atom stereocenters. The van der Waals surface area contributed by atoms with Gasteiger partial charge in [-0.25, -0.2) is 4.98 Å². The Bertz CT molecular complexity index is 819. The SMILES string of the molecule is COc1ccc(-n2c(CN3CCNCC3)nc3ccccc32)cc1. The zero-order valence-electron chi connectivity index (χ0n) is 13.9. The number of benzene rings is 2. The molecule has 2 aromatic carbocycles. The molecule has 4 rings (SSSR count). The lowest BCUT2D eigenvalue weighted by atomic mass is 10.2. The van der Waals surface area contributed by atoms with Crippen LogP contribution in [-0.2, 0) is 6.54 Å². The molecule has 0 amide bonds. The van der Waals surface area contributed by atoms with E-state index in [9.17, 15) is 0 Å². The number of hydrogen-bond donors (Lipinski definition) is 1. The van der Waals surface area contributed by atoms with Crippen molar-refractivity contribution in [1.29, 1.82) is 0 Å². The molecular weight excluding hydrogens is 300 g/mol. The molecule has 0 saturated carbocycles. The Kier molecular flexibility index (Phi) is 4.19. The normalized spacial score (nSPS) is 15.7. The van der Waals surface area contributed by atoms with Crippen molar-refractivity contribution in [3.63, 3.8) is 0 Å². The minimum absolute atomic E-state index is 0.863.